The molecule has 2 rings (SSSR count). The molecule has 30 heavy (non-hydrogen) atoms. The maximum Gasteiger partial charge on any atom is 0.338 e. The zero-order chi connectivity index (χ0) is 22.6. The minimum Gasteiger partial charge on any atom is -0.462 e. The number of nitrogens with zero attached hydrogens (tertiary/aromatic N) is 1. The third-order valence-corrected chi connectivity index (χ3v) is 8.63. The van der Waals surface area contributed by atoms with Gasteiger partial charge in [-0.1, -0.05) is 31.8 Å². The minimum atomic E-state index is -1.29. The second-order valence-electron chi connectivity index (χ2n) is 9.91. The second-order valence-corrected chi connectivity index (χ2v) is 17.7. The highest BCUT2D eigenvalue weighted by Gasteiger charge is 2.50. The Morgan fingerprint density at radius 2 is 1.80 bits per heavy atom. The smallest absolute Gasteiger partial charge is 0.338 e. The van der Waals surface area contributed by atoms with Crippen molar-refractivity contribution in [1.29, 1.82) is 0 Å². The Hall–Kier alpha value is -1.06. The largest absolute Gasteiger partial charge is 0.462 e. The second kappa shape index (κ2) is 10.0. The van der Waals surface area contributed by atoms with Crippen LogP contribution in [0.5, 0.6) is 0 Å². The van der Waals surface area contributed by atoms with Crippen LogP contribution in [0.4, 0.5) is 0 Å². The number of hydrogen-bond donors (Lipinski definition) is 0. The van der Waals surface area contributed by atoms with Crippen molar-refractivity contribution in [1.82, 2.24) is 4.31 Å². The zero-order valence-corrected chi connectivity index (χ0v) is 21.3. The van der Waals surface area contributed by atoms with Gasteiger partial charge in [-0.3, -0.25) is 0 Å². The summed E-state index contributed by atoms with van der Waals surface area (Å²) < 4.78 is 31.7. The number of ether oxygens (including phenoxy) is 3. The molecule has 0 radical (unpaired) electrons. The number of benzene rings is 1. The first-order chi connectivity index (χ1) is 13.9. The Kier molecular flexibility index (Phi) is 8.43. The van der Waals surface area contributed by atoms with Gasteiger partial charge in [0.1, 0.15) is 23.3 Å². The zero-order valence-electron chi connectivity index (χ0n) is 19.4. The summed E-state index contributed by atoms with van der Waals surface area (Å²) in [4.78, 5) is 12.0. The van der Waals surface area contributed by atoms with Gasteiger partial charge >= 0.3 is 5.97 Å². The molecule has 1 aromatic carbocycles. The Morgan fingerprint density at radius 1 is 1.20 bits per heavy atom. The highest BCUT2D eigenvalue weighted by Crippen LogP contribution is 2.39. The molecule has 0 aromatic heterocycles. The normalized spacial score (nSPS) is 17.5. The number of carbonyl (C=O) groups excluding carboxylic acids is 1. The lowest BCUT2D eigenvalue weighted by Gasteiger charge is -2.50. The molecule has 0 spiro atoms. The lowest BCUT2D eigenvalue weighted by Crippen LogP contribution is -2.62. The van der Waals surface area contributed by atoms with Gasteiger partial charge in [-0.15, -0.1) is 0 Å². The number of rotatable bonds is 10. The van der Waals surface area contributed by atoms with E-state index < -0.39 is 29.3 Å². The molecule has 1 aliphatic heterocycles. The molecule has 0 aliphatic carbocycles. The molecule has 0 N–H and O–H groups in total. The van der Waals surface area contributed by atoms with Gasteiger partial charge in [-0.25, -0.2) is 9.00 Å². The quantitative estimate of drug-likeness (QED) is 0.229. The van der Waals surface area contributed by atoms with Crippen LogP contribution in [0, 0.1) is 0 Å². The lowest BCUT2D eigenvalue weighted by molar-refractivity contribution is -0.138. The summed E-state index contributed by atoms with van der Waals surface area (Å²) >= 11 is 0. The van der Waals surface area contributed by atoms with Crippen molar-refractivity contribution in [3.8, 4) is 0 Å². The van der Waals surface area contributed by atoms with Crippen LogP contribution < -0.4 is 0 Å². The Bertz CT molecular complexity index is 735. The first-order valence-electron chi connectivity index (χ1n) is 10.5. The Balaban J connectivity index is 2.27. The molecule has 1 fully saturated rings. The molecule has 0 bridgehead atoms. The van der Waals surface area contributed by atoms with E-state index in [1.807, 2.05) is 37.2 Å². The van der Waals surface area contributed by atoms with Crippen LogP contribution in [0.25, 0.3) is 0 Å². The number of hydrogen-bond acceptors (Lipinski definition) is 5. The van der Waals surface area contributed by atoms with Crippen molar-refractivity contribution in [3.63, 3.8) is 0 Å². The van der Waals surface area contributed by atoms with Gasteiger partial charge in [0.25, 0.3) is 0 Å². The van der Waals surface area contributed by atoms with Crippen molar-refractivity contribution in [2.45, 2.75) is 63.7 Å². The maximum atomic E-state index is 13.5. The molecule has 1 unspecified atom stereocenters. The fourth-order valence-corrected chi connectivity index (χ4v) is 5.18. The van der Waals surface area contributed by atoms with E-state index in [9.17, 15) is 9.00 Å². The molecule has 8 heteroatoms. The van der Waals surface area contributed by atoms with Crippen LogP contribution in [0.2, 0.25) is 25.7 Å². The molecule has 1 saturated heterocycles. The predicted molar refractivity (Wildman–Crippen MR) is 124 cm³/mol. The molecular weight excluding hydrogens is 418 g/mol. The van der Waals surface area contributed by atoms with E-state index in [0.29, 0.717) is 32.0 Å². The van der Waals surface area contributed by atoms with Gasteiger partial charge in [0.15, 0.2) is 0 Å². The summed E-state index contributed by atoms with van der Waals surface area (Å²) in [5.74, 6) is -0.340. The fraction of sp³-hybridized carbons (Fsp3) is 0.682. The van der Waals surface area contributed by atoms with E-state index in [4.69, 9.17) is 14.2 Å². The molecule has 1 atom stereocenters. The third-order valence-electron chi connectivity index (χ3n) is 5.02. The molecule has 1 heterocycles. The molecule has 170 valence electrons. The van der Waals surface area contributed by atoms with Crippen LogP contribution in [0.3, 0.4) is 0 Å². The lowest BCUT2D eigenvalue weighted by atomic mass is 9.87. The van der Waals surface area contributed by atoms with Crippen LogP contribution in [-0.2, 0) is 30.7 Å². The van der Waals surface area contributed by atoms with E-state index >= 15 is 0 Å². The van der Waals surface area contributed by atoms with Crippen molar-refractivity contribution in [2.24, 2.45) is 0 Å². The first-order valence-corrected chi connectivity index (χ1v) is 15.3. The first kappa shape index (κ1) is 25.2. The number of esters is 1. The van der Waals surface area contributed by atoms with Crippen LogP contribution in [0.15, 0.2) is 24.3 Å². The molecule has 1 aliphatic rings. The van der Waals surface area contributed by atoms with Crippen LogP contribution >= 0.6 is 0 Å². The van der Waals surface area contributed by atoms with Gasteiger partial charge in [0, 0.05) is 14.7 Å². The van der Waals surface area contributed by atoms with E-state index in [0.717, 1.165) is 11.6 Å². The summed E-state index contributed by atoms with van der Waals surface area (Å²) in [5.41, 5.74) is 0.934. The maximum absolute atomic E-state index is 13.5. The van der Waals surface area contributed by atoms with E-state index in [1.54, 1.807) is 19.1 Å². The molecular formula is C22H37NO5SSi. The fourth-order valence-electron chi connectivity index (χ4n) is 3.07. The van der Waals surface area contributed by atoms with Crippen molar-refractivity contribution in [2.75, 3.05) is 33.2 Å². The molecule has 0 amide bonds. The standard InChI is InChI=1S/C22H37NO5SSi/c1-8-28-20(24)18-9-11-19(12-10-18)22(15-27-16-22)23(29(25)21(2,3)4)17-26-13-14-30(5,6)7/h9-12H,8,13-17H2,1-7H3. The Morgan fingerprint density at radius 3 is 2.23 bits per heavy atom. The summed E-state index contributed by atoms with van der Waals surface area (Å²) in [6.07, 6.45) is 0. The topological polar surface area (TPSA) is 65.1 Å². The van der Waals surface area contributed by atoms with Gasteiger partial charge in [-0.05, 0) is 51.4 Å². The molecule has 6 nitrogen and oxygen atoms in total. The SMILES string of the molecule is CCOC(=O)c1ccc(C2(N(COCC[Si](C)(C)C)S(=O)C(C)(C)C)COC2)cc1. The van der Waals surface area contributed by atoms with Gasteiger partial charge < -0.3 is 14.2 Å². The third kappa shape index (κ3) is 6.23. The van der Waals surface area contributed by atoms with E-state index in [2.05, 4.69) is 19.6 Å². The van der Waals surface area contributed by atoms with Crippen molar-refractivity contribution >= 4 is 25.0 Å². The van der Waals surface area contributed by atoms with Crippen LogP contribution in [-0.4, -0.2) is 60.5 Å². The van der Waals surface area contributed by atoms with E-state index in [-0.39, 0.29) is 12.7 Å². The summed E-state index contributed by atoms with van der Waals surface area (Å²) in [6.45, 7) is 16.8. The minimum absolute atomic E-state index is 0.275. The number of carbonyl (C=O) groups is 1. The monoisotopic (exact) mass is 455 g/mol. The summed E-state index contributed by atoms with van der Waals surface area (Å²) in [6, 6.07) is 8.39. The summed E-state index contributed by atoms with van der Waals surface area (Å²) in [5, 5.41) is 0. The average molecular weight is 456 g/mol. The summed E-state index contributed by atoms with van der Waals surface area (Å²) in [7, 11) is -2.50. The van der Waals surface area contributed by atoms with Crippen molar-refractivity contribution in [3.05, 3.63) is 35.4 Å². The van der Waals surface area contributed by atoms with Crippen LogP contribution in [0.1, 0.15) is 43.6 Å². The highest BCUT2D eigenvalue weighted by molar-refractivity contribution is 7.84. The van der Waals surface area contributed by atoms with E-state index in [1.165, 1.54) is 0 Å². The Labute approximate surface area is 184 Å². The highest BCUT2D eigenvalue weighted by atomic mass is 32.2. The average Bonchev–Trinajstić information content (AvgIpc) is 2.61. The van der Waals surface area contributed by atoms with Crippen molar-refractivity contribution < 1.29 is 23.2 Å². The van der Waals surface area contributed by atoms with Gasteiger partial charge in [0.05, 0.1) is 30.1 Å². The molecule has 0 saturated carbocycles. The predicted octanol–water partition coefficient (Wildman–Crippen LogP) is 4.17. The van der Waals surface area contributed by atoms with Gasteiger partial charge in [0.2, 0.25) is 0 Å². The molecule has 1 aromatic rings. The van der Waals surface area contributed by atoms with Gasteiger partial charge in [-0.2, -0.15) is 4.31 Å².